The lowest BCUT2D eigenvalue weighted by molar-refractivity contribution is -0.155. The molecule has 2 aliphatic rings. The fourth-order valence-electron chi connectivity index (χ4n) is 4.04. The molecule has 1 aromatic carbocycles. The molecule has 2 amide bonds. The van der Waals surface area contributed by atoms with Crippen LogP contribution < -0.4 is 9.47 Å². The van der Waals surface area contributed by atoms with Crippen LogP contribution in [0.5, 0.6) is 11.6 Å². The number of benzene rings is 1. The molecule has 1 aromatic heterocycles. The molecule has 1 atom stereocenters. The van der Waals surface area contributed by atoms with Crippen LogP contribution in [0.4, 0.5) is 0 Å². The predicted molar refractivity (Wildman–Crippen MR) is 124 cm³/mol. The Morgan fingerprint density at radius 2 is 1.85 bits per heavy atom. The number of aromatic nitrogens is 1. The maximum Gasteiger partial charge on any atom is 0.272 e. The number of amides is 2. The van der Waals surface area contributed by atoms with Gasteiger partial charge in [-0.25, -0.2) is 4.98 Å². The number of carbonyl (C=O) groups is 2. The van der Waals surface area contributed by atoms with Crippen molar-refractivity contribution < 1.29 is 28.5 Å². The Labute approximate surface area is 203 Å². The minimum atomic E-state index is -1.02. The molecule has 0 spiro atoms. The maximum atomic E-state index is 13.2. The van der Waals surface area contributed by atoms with E-state index in [1.807, 2.05) is 0 Å². The van der Waals surface area contributed by atoms with Crippen molar-refractivity contribution in [3.05, 3.63) is 53.2 Å². The zero-order valence-electron chi connectivity index (χ0n) is 19.1. The summed E-state index contributed by atoms with van der Waals surface area (Å²) in [5.74, 6) is 0.601. The lowest BCUT2D eigenvalue weighted by Crippen LogP contribution is -2.58. The number of hydrogen-bond donors (Lipinski definition) is 0. The molecule has 0 saturated carbocycles. The second kappa shape index (κ2) is 11.0. The molecular weight excluding hydrogens is 462 g/mol. The number of hydrogen-bond acceptors (Lipinski definition) is 7. The highest BCUT2D eigenvalue weighted by molar-refractivity contribution is 6.30. The normalized spacial score (nSPS) is 20.6. The zero-order valence-corrected chi connectivity index (χ0v) is 19.8. The van der Waals surface area contributed by atoms with Gasteiger partial charge in [-0.05, 0) is 24.3 Å². The first-order chi connectivity index (χ1) is 16.5. The van der Waals surface area contributed by atoms with Crippen LogP contribution in [-0.2, 0) is 14.3 Å². The monoisotopic (exact) mass is 489 g/mol. The smallest absolute Gasteiger partial charge is 0.272 e. The van der Waals surface area contributed by atoms with Crippen molar-refractivity contribution in [1.29, 1.82) is 0 Å². The van der Waals surface area contributed by atoms with E-state index in [9.17, 15) is 9.59 Å². The van der Waals surface area contributed by atoms with Crippen LogP contribution in [-0.4, -0.2) is 91.9 Å². The van der Waals surface area contributed by atoms with Gasteiger partial charge in [0.25, 0.3) is 5.91 Å². The standard InChI is InChI=1S/C24H28ClN3O6/c1-31-21-7-3-6-20(26-21)23(30)28-10-13-34-24(16-28,15-22(29)27-8-11-32-12-9-27)17-33-19-5-2-4-18(25)14-19/h2-7,14H,8-13,15-17H2,1H3. The van der Waals surface area contributed by atoms with Gasteiger partial charge < -0.3 is 28.7 Å². The summed E-state index contributed by atoms with van der Waals surface area (Å²) in [6, 6.07) is 12.1. The van der Waals surface area contributed by atoms with E-state index >= 15 is 0 Å². The topological polar surface area (TPSA) is 90.4 Å². The van der Waals surface area contributed by atoms with Crippen molar-refractivity contribution >= 4 is 23.4 Å². The van der Waals surface area contributed by atoms with Gasteiger partial charge in [0.05, 0.1) is 39.9 Å². The van der Waals surface area contributed by atoms with E-state index in [0.29, 0.717) is 49.5 Å². The van der Waals surface area contributed by atoms with Crippen molar-refractivity contribution in [2.75, 3.05) is 59.7 Å². The number of carbonyl (C=O) groups excluding carboxylic acids is 2. The number of methoxy groups -OCH3 is 1. The van der Waals surface area contributed by atoms with Gasteiger partial charge >= 0.3 is 0 Å². The summed E-state index contributed by atoms with van der Waals surface area (Å²) in [7, 11) is 1.50. The molecule has 2 aliphatic heterocycles. The van der Waals surface area contributed by atoms with Crippen LogP contribution in [0.3, 0.4) is 0 Å². The SMILES string of the molecule is COc1cccc(C(=O)N2CCOC(COc3cccc(Cl)c3)(CC(=O)N3CCOCC3)C2)n1. The average molecular weight is 490 g/mol. The fraction of sp³-hybridized carbons (Fsp3) is 0.458. The quantitative estimate of drug-likeness (QED) is 0.589. The summed E-state index contributed by atoms with van der Waals surface area (Å²) in [6.45, 7) is 2.98. The molecule has 9 nitrogen and oxygen atoms in total. The van der Waals surface area contributed by atoms with E-state index in [1.54, 1.807) is 52.3 Å². The number of ether oxygens (including phenoxy) is 4. The molecule has 34 heavy (non-hydrogen) atoms. The molecule has 2 saturated heterocycles. The second-order valence-corrected chi connectivity index (χ2v) is 8.68. The minimum Gasteiger partial charge on any atom is -0.490 e. The first-order valence-electron chi connectivity index (χ1n) is 11.2. The molecule has 0 radical (unpaired) electrons. The summed E-state index contributed by atoms with van der Waals surface area (Å²) in [5, 5.41) is 0.543. The van der Waals surface area contributed by atoms with Crippen LogP contribution in [0.2, 0.25) is 5.02 Å². The first-order valence-corrected chi connectivity index (χ1v) is 11.5. The van der Waals surface area contributed by atoms with Gasteiger partial charge in [-0.15, -0.1) is 0 Å². The third-order valence-electron chi connectivity index (χ3n) is 5.82. The van der Waals surface area contributed by atoms with Crippen molar-refractivity contribution in [3.63, 3.8) is 0 Å². The molecule has 2 aromatic rings. The number of halogens is 1. The minimum absolute atomic E-state index is 0.0631. The van der Waals surface area contributed by atoms with Crippen LogP contribution in [0.15, 0.2) is 42.5 Å². The molecule has 2 fully saturated rings. The summed E-state index contributed by atoms with van der Waals surface area (Å²) >= 11 is 6.09. The Hall–Kier alpha value is -2.88. The lowest BCUT2D eigenvalue weighted by atomic mass is 9.96. The highest BCUT2D eigenvalue weighted by Crippen LogP contribution is 2.27. The number of rotatable bonds is 7. The van der Waals surface area contributed by atoms with E-state index in [-0.39, 0.29) is 43.7 Å². The summed E-state index contributed by atoms with van der Waals surface area (Å²) in [6.07, 6.45) is 0.0723. The molecule has 4 rings (SSSR count). The highest BCUT2D eigenvalue weighted by atomic mass is 35.5. The van der Waals surface area contributed by atoms with Gasteiger partial charge in [-0.1, -0.05) is 23.7 Å². The van der Waals surface area contributed by atoms with Crippen molar-refractivity contribution in [2.45, 2.75) is 12.0 Å². The molecular formula is C24H28ClN3O6. The third-order valence-corrected chi connectivity index (χ3v) is 6.06. The molecule has 10 heteroatoms. The van der Waals surface area contributed by atoms with E-state index in [4.69, 9.17) is 30.5 Å². The van der Waals surface area contributed by atoms with Crippen LogP contribution in [0.25, 0.3) is 0 Å². The second-order valence-electron chi connectivity index (χ2n) is 8.24. The van der Waals surface area contributed by atoms with Crippen LogP contribution in [0.1, 0.15) is 16.9 Å². The number of morpholine rings is 2. The van der Waals surface area contributed by atoms with Crippen LogP contribution in [0, 0.1) is 0 Å². The average Bonchev–Trinajstić information content (AvgIpc) is 2.88. The van der Waals surface area contributed by atoms with E-state index in [1.165, 1.54) is 7.11 Å². The first kappa shape index (κ1) is 24.3. The molecule has 0 aliphatic carbocycles. The fourth-order valence-corrected chi connectivity index (χ4v) is 4.23. The van der Waals surface area contributed by atoms with Gasteiger partial charge in [0.2, 0.25) is 11.8 Å². The molecule has 1 unspecified atom stereocenters. The van der Waals surface area contributed by atoms with Gasteiger partial charge in [0, 0.05) is 30.7 Å². The summed E-state index contributed by atoms with van der Waals surface area (Å²) in [4.78, 5) is 34.1. The van der Waals surface area contributed by atoms with Crippen molar-refractivity contribution in [3.8, 4) is 11.6 Å². The largest absolute Gasteiger partial charge is 0.490 e. The summed E-state index contributed by atoms with van der Waals surface area (Å²) in [5.41, 5.74) is -0.754. The Kier molecular flexibility index (Phi) is 7.87. The Balaban J connectivity index is 1.54. The zero-order chi connectivity index (χ0) is 24.0. The predicted octanol–water partition coefficient (Wildman–Crippen LogP) is 2.28. The summed E-state index contributed by atoms with van der Waals surface area (Å²) < 4.78 is 22.7. The van der Waals surface area contributed by atoms with Gasteiger partial charge in [-0.3, -0.25) is 9.59 Å². The van der Waals surface area contributed by atoms with Crippen molar-refractivity contribution in [2.24, 2.45) is 0 Å². The third kappa shape index (κ3) is 5.97. The lowest BCUT2D eigenvalue weighted by Gasteiger charge is -2.43. The highest BCUT2D eigenvalue weighted by Gasteiger charge is 2.42. The Morgan fingerprint density at radius 1 is 1.09 bits per heavy atom. The number of pyridine rings is 1. The van der Waals surface area contributed by atoms with Crippen LogP contribution >= 0.6 is 11.6 Å². The van der Waals surface area contributed by atoms with Crippen molar-refractivity contribution in [1.82, 2.24) is 14.8 Å². The molecule has 182 valence electrons. The molecule has 3 heterocycles. The van der Waals surface area contributed by atoms with Gasteiger partial charge in [0.1, 0.15) is 23.7 Å². The van der Waals surface area contributed by atoms with Gasteiger partial charge in [0.15, 0.2) is 0 Å². The molecule has 0 bridgehead atoms. The molecule has 0 N–H and O–H groups in total. The van der Waals surface area contributed by atoms with E-state index < -0.39 is 5.60 Å². The Morgan fingerprint density at radius 3 is 2.62 bits per heavy atom. The Bertz CT molecular complexity index is 1020. The van der Waals surface area contributed by atoms with E-state index in [0.717, 1.165) is 0 Å². The number of nitrogens with zero attached hydrogens (tertiary/aromatic N) is 3. The van der Waals surface area contributed by atoms with E-state index in [2.05, 4.69) is 4.98 Å². The maximum absolute atomic E-state index is 13.2. The van der Waals surface area contributed by atoms with Gasteiger partial charge in [-0.2, -0.15) is 0 Å².